The van der Waals surface area contributed by atoms with E-state index < -0.39 is 11.6 Å². The van der Waals surface area contributed by atoms with Gasteiger partial charge in [-0.15, -0.1) is 0 Å². The maximum absolute atomic E-state index is 12.9. The fraction of sp³-hybridized carbons (Fsp3) is 0.500. The molecule has 0 atom stereocenters. The van der Waals surface area contributed by atoms with E-state index in [2.05, 4.69) is 12.2 Å². The predicted octanol–water partition coefficient (Wildman–Crippen LogP) is 3.04. The molecule has 5 heteroatoms. The van der Waals surface area contributed by atoms with Crippen LogP contribution >= 0.6 is 0 Å². The molecule has 19 heavy (non-hydrogen) atoms. The van der Waals surface area contributed by atoms with Gasteiger partial charge in [-0.1, -0.05) is 26.2 Å². The number of hydrogen-bond acceptors (Lipinski definition) is 2. The van der Waals surface area contributed by atoms with Crippen molar-refractivity contribution in [2.24, 2.45) is 0 Å². The highest BCUT2D eigenvalue weighted by molar-refractivity contribution is 5.77. The van der Waals surface area contributed by atoms with Crippen LogP contribution in [0.4, 0.5) is 8.78 Å². The fourth-order valence-corrected chi connectivity index (χ4v) is 1.59. The van der Waals surface area contributed by atoms with Gasteiger partial charge >= 0.3 is 0 Å². The van der Waals surface area contributed by atoms with Crippen molar-refractivity contribution < 1.29 is 18.3 Å². The van der Waals surface area contributed by atoms with E-state index in [1.54, 1.807) is 0 Å². The summed E-state index contributed by atoms with van der Waals surface area (Å²) in [6.45, 7) is 2.47. The number of carbonyl (C=O) groups excluding carboxylic acids is 1. The Kier molecular flexibility index (Phi) is 6.85. The van der Waals surface area contributed by atoms with Gasteiger partial charge in [0.2, 0.25) is 0 Å². The van der Waals surface area contributed by atoms with Crippen LogP contribution in [0.15, 0.2) is 18.2 Å². The lowest BCUT2D eigenvalue weighted by molar-refractivity contribution is -0.123. The summed E-state index contributed by atoms with van der Waals surface area (Å²) in [7, 11) is 0. The van der Waals surface area contributed by atoms with Crippen molar-refractivity contribution in [1.82, 2.24) is 5.32 Å². The monoisotopic (exact) mass is 271 g/mol. The Bertz CT molecular complexity index is 390. The van der Waals surface area contributed by atoms with Gasteiger partial charge < -0.3 is 10.1 Å². The molecule has 1 aromatic rings. The molecule has 0 saturated carbocycles. The largest absolute Gasteiger partial charge is 0.484 e. The average Bonchev–Trinajstić information content (AvgIpc) is 2.35. The minimum absolute atomic E-state index is 0.0126. The molecule has 0 bridgehead atoms. The van der Waals surface area contributed by atoms with Crippen LogP contribution in [0, 0.1) is 11.6 Å². The van der Waals surface area contributed by atoms with Gasteiger partial charge in [0.25, 0.3) is 5.91 Å². The van der Waals surface area contributed by atoms with Gasteiger partial charge in [0.1, 0.15) is 17.4 Å². The van der Waals surface area contributed by atoms with Crippen LogP contribution in [-0.2, 0) is 4.79 Å². The Labute approximate surface area is 112 Å². The molecule has 0 aliphatic carbocycles. The molecule has 3 nitrogen and oxygen atoms in total. The van der Waals surface area contributed by atoms with Gasteiger partial charge in [-0.3, -0.25) is 4.79 Å². The Morgan fingerprint density at radius 3 is 2.47 bits per heavy atom. The Morgan fingerprint density at radius 1 is 1.16 bits per heavy atom. The summed E-state index contributed by atoms with van der Waals surface area (Å²) >= 11 is 0. The van der Waals surface area contributed by atoms with Crippen LogP contribution < -0.4 is 10.1 Å². The number of halogens is 2. The van der Waals surface area contributed by atoms with Gasteiger partial charge in [-0.05, 0) is 6.42 Å². The first-order valence-corrected chi connectivity index (χ1v) is 6.47. The summed E-state index contributed by atoms with van der Waals surface area (Å²) in [4.78, 5) is 11.4. The first-order valence-electron chi connectivity index (χ1n) is 6.47. The maximum Gasteiger partial charge on any atom is 0.257 e. The minimum atomic E-state index is -0.727. The van der Waals surface area contributed by atoms with Crippen molar-refractivity contribution in [3.63, 3.8) is 0 Å². The van der Waals surface area contributed by atoms with Crippen LogP contribution in [-0.4, -0.2) is 19.1 Å². The van der Waals surface area contributed by atoms with E-state index in [0.29, 0.717) is 6.54 Å². The third-order valence-electron chi connectivity index (χ3n) is 2.56. The van der Waals surface area contributed by atoms with Crippen LogP contribution in [0.5, 0.6) is 5.75 Å². The highest BCUT2D eigenvalue weighted by Crippen LogP contribution is 2.14. The first-order chi connectivity index (χ1) is 9.11. The maximum atomic E-state index is 12.9. The molecular formula is C14H19F2NO2. The number of unbranched alkanes of at least 4 members (excludes halogenated alkanes) is 3. The van der Waals surface area contributed by atoms with E-state index in [4.69, 9.17) is 4.74 Å². The predicted molar refractivity (Wildman–Crippen MR) is 69.0 cm³/mol. The quantitative estimate of drug-likeness (QED) is 0.738. The van der Waals surface area contributed by atoms with Crippen molar-refractivity contribution in [2.45, 2.75) is 32.6 Å². The molecule has 0 aliphatic rings. The second-order valence-corrected chi connectivity index (χ2v) is 4.30. The highest BCUT2D eigenvalue weighted by Gasteiger charge is 2.05. The smallest absolute Gasteiger partial charge is 0.257 e. The van der Waals surface area contributed by atoms with Gasteiger partial charge in [0.05, 0.1) is 0 Å². The van der Waals surface area contributed by atoms with E-state index in [-0.39, 0.29) is 18.3 Å². The van der Waals surface area contributed by atoms with Crippen LogP contribution in [0.1, 0.15) is 32.6 Å². The fourth-order valence-electron chi connectivity index (χ4n) is 1.59. The molecule has 1 aromatic carbocycles. The number of nitrogens with one attached hydrogen (secondary N) is 1. The third-order valence-corrected chi connectivity index (χ3v) is 2.56. The molecule has 0 unspecified atom stereocenters. The lowest BCUT2D eigenvalue weighted by Crippen LogP contribution is -2.29. The Balaban J connectivity index is 2.22. The zero-order valence-electron chi connectivity index (χ0n) is 11.0. The van der Waals surface area contributed by atoms with E-state index in [1.165, 1.54) is 0 Å². The second kappa shape index (κ2) is 8.45. The zero-order chi connectivity index (χ0) is 14.1. The summed E-state index contributed by atoms with van der Waals surface area (Å²) < 4.78 is 30.7. The van der Waals surface area contributed by atoms with Gasteiger partial charge in [0.15, 0.2) is 6.61 Å². The molecule has 0 saturated heterocycles. The van der Waals surface area contributed by atoms with E-state index in [0.717, 1.165) is 43.9 Å². The number of benzene rings is 1. The normalized spacial score (nSPS) is 10.3. The molecule has 1 rings (SSSR count). The zero-order valence-corrected chi connectivity index (χ0v) is 11.0. The SMILES string of the molecule is CCCCCCNC(=O)COc1cc(F)cc(F)c1. The topological polar surface area (TPSA) is 38.3 Å². The number of ether oxygens (including phenoxy) is 1. The first kappa shape index (κ1) is 15.4. The number of hydrogen-bond donors (Lipinski definition) is 1. The molecule has 106 valence electrons. The summed E-state index contributed by atoms with van der Waals surface area (Å²) in [5.74, 6) is -1.73. The van der Waals surface area contributed by atoms with Crippen molar-refractivity contribution >= 4 is 5.91 Å². The van der Waals surface area contributed by atoms with Crippen LogP contribution in [0.25, 0.3) is 0 Å². The molecular weight excluding hydrogens is 252 g/mol. The molecule has 0 fully saturated rings. The molecule has 0 radical (unpaired) electrons. The summed E-state index contributed by atoms with van der Waals surface area (Å²) in [5, 5.41) is 2.69. The number of rotatable bonds is 8. The van der Waals surface area contributed by atoms with Crippen LogP contribution in [0.3, 0.4) is 0 Å². The van der Waals surface area contributed by atoms with Crippen molar-refractivity contribution in [3.8, 4) is 5.75 Å². The number of amides is 1. The number of carbonyl (C=O) groups is 1. The van der Waals surface area contributed by atoms with Gasteiger partial charge in [0, 0.05) is 24.7 Å². The summed E-state index contributed by atoms with van der Waals surface area (Å²) in [6.07, 6.45) is 4.29. The standard InChI is InChI=1S/C14H19F2NO2/c1-2-3-4-5-6-17-14(18)10-19-13-8-11(15)7-12(16)9-13/h7-9H,2-6,10H2,1H3,(H,17,18). The van der Waals surface area contributed by atoms with E-state index in [1.807, 2.05) is 0 Å². The van der Waals surface area contributed by atoms with E-state index in [9.17, 15) is 13.6 Å². The molecule has 0 aromatic heterocycles. The summed E-state index contributed by atoms with van der Waals surface area (Å²) in [5.41, 5.74) is 0. The van der Waals surface area contributed by atoms with E-state index >= 15 is 0 Å². The molecule has 1 amide bonds. The minimum Gasteiger partial charge on any atom is -0.484 e. The lowest BCUT2D eigenvalue weighted by Gasteiger charge is -2.07. The molecule has 0 spiro atoms. The van der Waals surface area contributed by atoms with Crippen molar-refractivity contribution in [1.29, 1.82) is 0 Å². The van der Waals surface area contributed by atoms with Crippen molar-refractivity contribution in [3.05, 3.63) is 29.8 Å². The molecule has 0 heterocycles. The van der Waals surface area contributed by atoms with Crippen molar-refractivity contribution in [2.75, 3.05) is 13.2 Å². The van der Waals surface area contributed by atoms with Crippen LogP contribution in [0.2, 0.25) is 0 Å². The molecule has 0 aliphatic heterocycles. The van der Waals surface area contributed by atoms with Gasteiger partial charge in [-0.25, -0.2) is 8.78 Å². The molecule has 1 N–H and O–H groups in total. The highest BCUT2D eigenvalue weighted by atomic mass is 19.1. The summed E-state index contributed by atoms with van der Waals surface area (Å²) in [6, 6.07) is 2.83. The average molecular weight is 271 g/mol. The second-order valence-electron chi connectivity index (χ2n) is 4.30. The Morgan fingerprint density at radius 2 is 1.84 bits per heavy atom. The lowest BCUT2D eigenvalue weighted by atomic mass is 10.2. The third kappa shape index (κ3) is 6.74. The van der Waals surface area contributed by atoms with Gasteiger partial charge in [-0.2, -0.15) is 0 Å². The Hall–Kier alpha value is -1.65.